The number of rotatable bonds is 4. The van der Waals surface area contributed by atoms with Crippen LogP contribution in [0.1, 0.15) is 61.4 Å². The Balaban J connectivity index is 1.76. The van der Waals surface area contributed by atoms with Gasteiger partial charge in [0.2, 0.25) is 0 Å². The van der Waals surface area contributed by atoms with E-state index in [9.17, 15) is 19.8 Å². The maximum Gasteiger partial charge on any atom is 0.197 e. The minimum atomic E-state index is -0.393. The number of aryl methyl sites for hydroxylation is 2. The van der Waals surface area contributed by atoms with Gasteiger partial charge in [-0.15, -0.1) is 0 Å². The standard InChI is InChI=1S/C25H22O4/c1-15-9-11-22(26)20(13-15)24(28)17-10-12-23(27)21(14-17)25(29)19-8-4-6-16-5-2-3-7-18(16)19/h4,6,8-14,26-27H,2-3,5,7H2,1H3. The first-order valence-electron chi connectivity index (χ1n) is 9.78. The highest BCUT2D eigenvalue weighted by Crippen LogP contribution is 2.30. The predicted molar refractivity (Wildman–Crippen MR) is 111 cm³/mol. The molecule has 2 N–H and O–H groups in total. The first kappa shape index (κ1) is 18.9. The number of carbonyl (C=O) groups excluding carboxylic acids is 2. The van der Waals surface area contributed by atoms with Crippen molar-refractivity contribution in [1.29, 1.82) is 0 Å². The van der Waals surface area contributed by atoms with E-state index in [2.05, 4.69) is 0 Å². The van der Waals surface area contributed by atoms with Crippen LogP contribution < -0.4 is 0 Å². The van der Waals surface area contributed by atoms with Crippen molar-refractivity contribution in [2.75, 3.05) is 0 Å². The number of benzene rings is 3. The molecule has 146 valence electrons. The van der Waals surface area contributed by atoms with Crippen molar-refractivity contribution in [3.05, 3.63) is 93.5 Å². The van der Waals surface area contributed by atoms with Gasteiger partial charge in [0.1, 0.15) is 11.5 Å². The summed E-state index contributed by atoms with van der Waals surface area (Å²) in [5, 5.41) is 20.4. The Bertz CT molecular complexity index is 1130. The second-order valence-electron chi connectivity index (χ2n) is 7.56. The molecular weight excluding hydrogens is 364 g/mol. The molecule has 0 radical (unpaired) electrons. The van der Waals surface area contributed by atoms with Crippen molar-refractivity contribution in [2.45, 2.75) is 32.6 Å². The largest absolute Gasteiger partial charge is 0.507 e. The lowest BCUT2D eigenvalue weighted by molar-refractivity contribution is 0.103. The average molecular weight is 386 g/mol. The van der Waals surface area contributed by atoms with Gasteiger partial charge in [-0.3, -0.25) is 9.59 Å². The van der Waals surface area contributed by atoms with Crippen LogP contribution in [-0.4, -0.2) is 21.8 Å². The molecule has 0 saturated heterocycles. The Kier molecular flexibility index (Phi) is 4.93. The summed E-state index contributed by atoms with van der Waals surface area (Å²) in [7, 11) is 0. The number of aromatic hydroxyl groups is 2. The Labute approximate surface area is 169 Å². The van der Waals surface area contributed by atoms with E-state index in [0.29, 0.717) is 5.56 Å². The monoisotopic (exact) mass is 386 g/mol. The molecule has 0 fully saturated rings. The summed E-state index contributed by atoms with van der Waals surface area (Å²) in [5.41, 5.74) is 4.16. The molecule has 0 aromatic heterocycles. The molecule has 0 unspecified atom stereocenters. The molecule has 0 saturated carbocycles. The summed E-state index contributed by atoms with van der Waals surface area (Å²) in [6.45, 7) is 1.83. The van der Waals surface area contributed by atoms with E-state index in [1.807, 2.05) is 19.1 Å². The molecule has 0 amide bonds. The minimum absolute atomic E-state index is 0.0990. The summed E-state index contributed by atoms with van der Waals surface area (Å²) < 4.78 is 0. The molecule has 0 bridgehead atoms. The summed E-state index contributed by atoms with van der Waals surface area (Å²) in [4.78, 5) is 26.2. The van der Waals surface area contributed by atoms with Crippen LogP contribution in [0.25, 0.3) is 0 Å². The number of hydrogen-bond donors (Lipinski definition) is 2. The van der Waals surface area contributed by atoms with Crippen LogP contribution in [0, 0.1) is 6.92 Å². The van der Waals surface area contributed by atoms with Crippen LogP contribution in [-0.2, 0) is 12.8 Å². The SMILES string of the molecule is Cc1ccc(O)c(C(=O)c2ccc(O)c(C(=O)c3cccc4c3CCCC4)c2)c1. The van der Waals surface area contributed by atoms with E-state index in [1.165, 1.54) is 29.8 Å². The van der Waals surface area contributed by atoms with Crippen molar-refractivity contribution in [2.24, 2.45) is 0 Å². The summed E-state index contributed by atoms with van der Waals surface area (Å²) >= 11 is 0. The normalized spacial score (nSPS) is 13.0. The molecule has 29 heavy (non-hydrogen) atoms. The van der Waals surface area contributed by atoms with Crippen LogP contribution in [0.4, 0.5) is 0 Å². The molecule has 4 nitrogen and oxygen atoms in total. The quantitative estimate of drug-likeness (QED) is 0.635. The fourth-order valence-electron chi connectivity index (χ4n) is 3.99. The Morgan fingerprint density at radius 3 is 2.24 bits per heavy atom. The topological polar surface area (TPSA) is 74.6 Å². The van der Waals surface area contributed by atoms with Crippen LogP contribution in [0.15, 0.2) is 54.6 Å². The first-order chi connectivity index (χ1) is 14.0. The molecule has 4 rings (SSSR count). The van der Waals surface area contributed by atoms with E-state index < -0.39 is 5.78 Å². The maximum absolute atomic E-state index is 13.3. The molecule has 3 aromatic rings. The highest BCUT2D eigenvalue weighted by Gasteiger charge is 2.23. The fraction of sp³-hybridized carbons (Fsp3) is 0.200. The molecule has 1 aliphatic rings. The molecule has 1 aliphatic carbocycles. The van der Waals surface area contributed by atoms with Gasteiger partial charge >= 0.3 is 0 Å². The summed E-state index contributed by atoms with van der Waals surface area (Å²) in [6, 6.07) is 14.8. The van der Waals surface area contributed by atoms with Gasteiger partial charge in [-0.05, 0) is 74.1 Å². The second kappa shape index (κ2) is 7.55. The van der Waals surface area contributed by atoms with Crippen LogP contribution in [0.2, 0.25) is 0 Å². The minimum Gasteiger partial charge on any atom is -0.507 e. The van der Waals surface area contributed by atoms with E-state index in [4.69, 9.17) is 0 Å². The lowest BCUT2D eigenvalue weighted by Crippen LogP contribution is -2.12. The molecule has 0 atom stereocenters. The van der Waals surface area contributed by atoms with Crippen molar-refractivity contribution >= 4 is 11.6 Å². The average Bonchev–Trinajstić information content (AvgIpc) is 2.74. The van der Waals surface area contributed by atoms with Gasteiger partial charge in [-0.25, -0.2) is 0 Å². The fourth-order valence-corrected chi connectivity index (χ4v) is 3.99. The number of hydrogen-bond acceptors (Lipinski definition) is 4. The van der Waals surface area contributed by atoms with Crippen LogP contribution >= 0.6 is 0 Å². The first-order valence-corrected chi connectivity index (χ1v) is 9.78. The molecule has 4 heteroatoms. The highest BCUT2D eigenvalue weighted by molar-refractivity contribution is 6.15. The molecule has 0 aliphatic heterocycles. The van der Waals surface area contributed by atoms with Crippen LogP contribution in [0.3, 0.4) is 0 Å². The van der Waals surface area contributed by atoms with E-state index >= 15 is 0 Å². The van der Waals surface area contributed by atoms with Crippen molar-refractivity contribution in [3.63, 3.8) is 0 Å². The van der Waals surface area contributed by atoms with Crippen molar-refractivity contribution in [3.8, 4) is 11.5 Å². The lowest BCUT2D eigenvalue weighted by Gasteiger charge is -2.19. The number of phenolic OH excluding ortho intramolecular Hbond substituents is 2. The van der Waals surface area contributed by atoms with E-state index in [-0.39, 0.29) is 34.0 Å². The number of ketones is 2. The zero-order valence-corrected chi connectivity index (χ0v) is 16.2. The van der Waals surface area contributed by atoms with Crippen molar-refractivity contribution in [1.82, 2.24) is 0 Å². The zero-order valence-electron chi connectivity index (χ0n) is 16.2. The molecular formula is C25H22O4. The van der Waals surface area contributed by atoms with E-state index in [1.54, 1.807) is 18.2 Å². The summed E-state index contributed by atoms with van der Waals surface area (Å²) in [6.07, 6.45) is 3.94. The van der Waals surface area contributed by atoms with Crippen molar-refractivity contribution < 1.29 is 19.8 Å². The maximum atomic E-state index is 13.3. The molecule has 0 spiro atoms. The third-order valence-electron chi connectivity index (χ3n) is 5.54. The Morgan fingerprint density at radius 1 is 0.759 bits per heavy atom. The van der Waals surface area contributed by atoms with Gasteiger partial charge in [-0.2, -0.15) is 0 Å². The summed E-state index contributed by atoms with van der Waals surface area (Å²) in [5.74, 6) is -0.952. The number of carbonyl (C=O) groups is 2. The second-order valence-corrected chi connectivity index (χ2v) is 7.56. The van der Waals surface area contributed by atoms with E-state index in [0.717, 1.165) is 36.8 Å². The smallest absolute Gasteiger partial charge is 0.197 e. The van der Waals surface area contributed by atoms with Gasteiger partial charge < -0.3 is 10.2 Å². The van der Waals surface area contributed by atoms with Gasteiger partial charge in [0, 0.05) is 11.1 Å². The Morgan fingerprint density at radius 2 is 1.45 bits per heavy atom. The third kappa shape index (κ3) is 3.54. The highest BCUT2D eigenvalue weighted by atomic mass is 16.3. The van der Waals surface area contributed by atoms with Gasteiger partial charge in [0.05, 0.1) is 11.1 Å². The third-order valence-corrected chi connectivity index (χ3v) is 5.54. The van der Waals surface area contributed by atoms with Gasteiger partial charge in [0.25, 0.3) is 0 Å². The van der Waals surface area contributed by atoms with Gasteiger partial charge in [-0.1, -0.05) is 29.8 Å². The predicted octanol–water partition coefficient (Wildman–Crippen LogP) is 4.75. The molecule has 3 aromatic carbocycles. The lowest BCUT2D eigenvalue weighted by atomic mass is 9.85. The molecule has 0 heterocycles. The van der Waals surface area contributed by atoms with Gasteiger partial charge in [0.15, 0.2) is 11.6 Å². The zero-order chi connectivity index (χ0) is 20.5. The number of fused-ring (bicyclic) bond motifs is 1. The van der Waals surface area contributed by atoms with Crippen LogP contribution in [0.5, 0.6) is 11.5 Å². The number of phenols is 2. The Hall–Kier alpha value is -3.40.